The summed E-state index contributed by atoms with van der Waals surface area (Å²) in [5.41, 5.74) is 0.315. The monoisotopic (exact) mass is 270 g/mol. The molecule has 0 aromatic heterocycles. The number of rotatable bonds is 2. The molecule has 1 heterocycles. The topological polar surface area (TPSA) is 34.0 Å². The molecule has 0 bridgehead atoms. The third-order valence-corrected chi connectivity index (χ3v) is 2.79. The molecule has 0 aliphatic carbocycles. The van der Waals surface area contributed by atoms with E-state index in [1.165, 1.54) is 7.11 Å². The molecule has 19 heavy (non-hydrogen) atoms. The van der Waals surface area contributed by atoms with E-state index < -0.39 is 11.9 Å². The van der Waals surface area contributed by atoms with E-state index >= 15 is 0 Å². The van der Waals surface area contributed by atoms with Gasteiger partial charge in [-0.25, -0.2) is 0 Å². The number of aliphatic imine (C=N–C) groups is 2. The number of methoxy groups -OCH3 is 1. The summed E-state index contributed by atoms with van der Waals surface area (Å²) in [6.45, 7) is 0.357. The van der Waals surface area contributed by atoms with Gasteiger partial charge in [0.15, 0.2) is 0 Å². The number of hydrogen-bond donors (Lipinski definition) is 0. The van der Waals surface area contributed by atoms with Gasteiger partial charge >= 0.3 is 6.18 Å². The lowest BCUT2D eigenvalue weighted by atomic mass is 10.0. The van der Waals surface area contributed by atoms with Gasteiger partial charge < -0.3 is 4.74 Å². The van der Waals surface area contributed by atoms with Gasteiger partial charge in [-0.3, -0.25) is 9.98 Å². The summed E-state index contributed by atoms with van der Waals surface area (Å²) in [4.78, 5) is 7.73. The van der Waals surface area contributed by atoms with Crippen LogP contribution in [0.25, 0.3) is 0 Å². The number of nitrogens with zero attached hydrogens (tertiary/aromatic N) is 2. The van der Waals surface area contributed by atoms with E-state index in [9.17, 15) is 13.2 Å². The molecule has 0 unspecified atom stereocenters. The van der Waals surface area contributed by atoms with Crippen LogP contribution in [0, 0.1) is 0 Å². The third kappa shape index (κ3) is 3.33. The van der Waals surface area contributed by atoms with Gasteiger partial charge in [-0.2, -0.15) is 13.2 Å². The first-order valence-corrected chi connectivity index (χ1v) is 5.79. The predicted octanol–water partition coefficient (Wildman–Crippen LogP) is 2.89. The van der Waals surface area contributed by atoms with Crippen LogP contribution in [0.1, 0.15) is 12.0 Å². The molecule has 1 aliphatic rings. The Morgan fingerprint density at radius 3 is 2.26 bits per heavy atom. The van der Waals surface area contributed by atoms with Gasteiger partial charge in [-0.05, 0) is 29.8 Å². The summed E-state index contributed by atoms with van der Waals surface area (Å²) in [6.07, 6.45) is -4.67. The molecule has 1 aromatic carbocycles. The second kappa shape index (κ2) is 5.42. The molecule has 3 nitrogen and oxygen atoms in total. The highest BCUT2D eigenvalue weighted by Crippen LogP contribution is 2.23. The minimum absolute atomic E-state index is 0.0779. The van der Waals surface area contributed by atoms with E-state index in [1.807, 2.05) is 0 Å². The molecular weight excluding hydrogens is 257 g/mol. The lowest BCUT2D eigenvalue weighted by Crippen LogP contribution is -2.25. The number of benzene rings is 1. The highest BCUT2D eigenvalue weighted by molar-refractivity contribution is 6.14. The maximum absolute atomic E-state index is 12.7. The van der Waals surface area contributed by atoms with Crippen molar-refractivity contribution in [1.82, 2.24) is 0 Å². The normalized spacial score (nSPS) is 16.4. The summed E-state index contributed by atoms with van der Waals surface area (Å²) >= 11 is 0. The summed E-state index contributed by atoms with van der Waals surface area (Å²) in [6, 6.07) is 6.81. The zero-order valence-electron chi connectivity index (χ0n) is 10.4. The van der Waals surface area contributed by atoms with Gasteiger partial charge in [0.25, 0.3) is 0 Å². The van der Waals surface area contributed by atoms with Crippen LogP contribution >= 0.6 is 0 Å². The van der Waals surface area contributed by atoms with Crippen molar-refractivity contribution < 1.29 is 17.9 Å². The summed E-state index contributed by atoms with van der Waals surface area (Å²) in [7, 11) is 1.53. The van der Waals surface area contributed by atoms with Crippen LogP contribution in [-0.4, -0.2) is 37.8 Å². The SMILES string of the molecule is COc1ccc(C2=NCCN=C(C(F)(F)F)C2)cc1. The number of alkyl halides is 3. The van der Waals surface area contributed by atoms with Crippen molar-refractivity contribution in [2.24, 2.45) is 9.98 Å². The lowest BCUT2D eigenvalue weighted by Gasteiger charge is -2.11. The third-order valence-electron chi connectivity index (χ3n) is 2.79. The summed E-state index contributed by atoms with van der Waals surface area (Å²) in [5.74, 6) is 0.655. The standard InChI is InChI=1S/C13H13F3N2O/c1-19-10-4-2-9(3-5-10)11-8-12(13(14,15)16)18-7-6-17-11/h2-5H,6-8H2,1H3. The van der Waals surface area contributed by atoms with Crippen LogP contribution in [-0.2, 0) is 0 Å². The van der Waals surface area contributed by atoms with E-state index in [0.29, 0.717) is 17.0 Å². The largest absolute Gasteiger partial charge is 0.497 e. The Morgan fingerprint density at radius 1 is 1.05 bits per heavy atom. The summed E-state index contributed by atoms with van der Waals surface area (Å²) in [5, 5.41) is 0. The van der Waals surface area contributed by atoms with Gasteiger partial charge in [-0.1, -0.05) is 0 Å². The maximum Gasteiger partial charge on any atom is 0.429 e. The highest BCUT2D eigenvalue weighted by Gasteiger charge is 2.36. The first-order valence-electron chi connectivity index (χ1n) is 5.79. The van der Waals surface area contributed by atoms with E-state index in [2.05, 4.69) is 9.98 Å². The first-order chi connectivity index (χ1) is 9.00. The zero-order chi connectivity index (χ0) is 13.9. The van der Waals surface area contributed by atoms with Crippen molar-refractivity contribution in [2.45, 2.75) is 12.6 Å². The van der Waals surface area contributed by atoms with Crippen LogP contribution in [0.15, 0.2) is 34.3 Å². The fourth-order valence-corrected chi connectivity index (χ4v) is 1.81. The minimum atomic E-state index is -4.39. The highest BCUT2D eigenvalue weighted by atomic mass is 19.4. The van der Waals surface area contributed by atoms with Crippen molar-refractivity contribution in [3.05, 3.63) is 29.8 Å². The molecule has 0 saturated carbocycles. The van der Waals surface area contributed by atoms with E-state index in [-0.39, 0.29) is 19.5 Å². The predicted molar refractivity (Wildman–Crippen MR) is 67.4 cm³/mol. The minimum Gasteiger partial charge on any atom is -0.497 e. The average Bonchev–Trinajstić information content (AvgIpc) is 2.64. The smallest absolute Gasteiger partial charge is 0.429 e. The lowest BCUT2D eigenvalue weighted by molar-refractivity contribution is -0.0599. The number of ether oxygens (including phenoxy) is 1. The molecule has 2 rings (SSSR count). The van der Waals surface area contributed by atoms with Gasteiger partial charge in [0.05, 0.1) is 20.2 Å². The van der Waals surface area contributed by atoms with Crippen LogP contribution in [0.2, 0.25) is 0 Å². The van der Waals surface area contributed by atoms with Crippen LogP contribution in [0.5, 0.6) is 5.75 Å². The quantitative estimate of drug-likeness (QED) is 0.813. The molecule has 6 heteroatoms. The van der Waals surface area contributed by atoms with Crippen LogP contribution in [0.4, 0.5) is 13.2 Å². The molecule has 0 amide bonds. The molecule has 1 aliphatic heterocycles. The Balaban J connectivity index is 2.24. The Morgan fingerprint density at radius 2 is 1.68 bits per heavy atom. The Hall–Kier alpha value is -1.85. The Labute approximate surface area is 108 Å². The van der Waals surface area contributed by atoms with Crippen LogP contribution < -0.4 is 4.74 Å². The second-order valence-corrected chi connectivity index (χ2v) is 4.06. The van der Waals surface area contributed by atoms with Gasteiger partial charge in [0, 0.05) is 12.1 Å². The fourth-order valence-electron chi connectivity index (χ4n) is 1.81. The average molecular weight is 270 g/mol. The molecule has 0 fully saturated rings. The van der Waals surface area contributed by atoms with Gasteiger partial charge in [0.2, 0.25) is 0 Å². The maximum atomic E-state index is 12.7. The van der Waals surface area contributed by atoms with E-state index in [0.717, 1.165) is 0 Å². The second-order valence-electron chi connectivity index (χ2n) is 4.06. The molecule has 0 N–H and O–H groups in total. The number of hydrogen-bond acceptors (Lipinski definition) is 3. The molecule has 0 saturated heterocycles. The van der Waals surface area contributed by atoms with Gasteiger partial charge in [-0.15, -0.1) is 0 Å². The van der Waals surface area contributed by atoms with Gasteiger partial charge in [0.1, 0.15) is 11.5 Å². The number of halogens is 3. The fraction of sp³-hybridized carbons (Fsp3) is 0.385. The molecule has 0 radical (unpaired) electrons. The molecule has 1 aromatic rings. The van der Waals surface area contributed by atoms with Crippen molar-refractivity contribution in [3.63, 3.8) is 0 Å². The Bertz CT molecular complexity index is 504. The molecule has 0 atom stereocenters. The van der Waals surface area contributed by atoms with Crippen molar-refractivity contribution in [1.29, 1.82) is 0 Å². The van der Waals surface area contributed by atoms with E-state index in [1.54, 1.807) is 24.3 Å². The van der Waals surface area contributed by atoms with Crippen molar-refractivity contribution >= 4 is 11.4 Å². The van der Waals surface area contributed by atoms with Crippen molar-refractivity contribution in [2.75, 3.05) is 20.2 Å². The molecular formula is C13H13F3N2O. The Kier molecular flexibility index (Phi) is 3.87. The zero-order valence-corrected chi connectivity index (χ0v) is 10.4. The molecule has 102 valence electrons. The van der Waals surface area contributed by atoms with E-state index in [4.69, 9.17) is 4.74 Å². The van der Waals surface area contributed by atoms with Crippen molar-refractivity contribution in [3.8, 4) is 5.75 Å². The molecule has 0 spiro atoms. The van der Waals surface area contributed by atoms with Crippen LogP contribution in [0.3, 0.4) is 0 Å². The summed E-state index contributed by atoms with van der Waals surface area (Å²) < 4.78 is 43.2. The first kappa shape index (κ1) is 13.6.